The van der Waals surface area contributed by atoms with Gasteiger partial charge in [0.2, 0.25) is 0 Å². The fourth-order valence-electron chi connectivity index (χ4n) is 7.02. The molecular formula is C54H99FeO6. The van der Waals surface area contributed by atoms with Crippen molar-refractivity contribution in [2.45, 2.75) is 290 Å². The number of unbranched alkanes of at least 4 members (excludes halogenated alkanes) is 33. The van der Waals surface area contributed by atoms with Gasteiger partial charge in [-0.25, -0.2) is 0 Å². The minimum atomic E-state index is -0.914. The van der Waals surface area contributed by atoms with Gasteiger partial charge in [-0.3, -0.25) is 0 Å². The smallest absolute Gasteiger partial charge is 0.550 e. The van der Waals surface area contributed by atoms with Crippen LogP contribution in [0.3, 0.4) is 0 Å². The SMILES string of the molecule is CCCCCCCCC=CCCCCCCCC(=O)[O-].CCCCCCCCC=CCCCCCCCC(=O)[O-].CCCCCCCCC=CCCCCCCCC(=O)[O-].[Fe+3]. The Kier molecular flexibility index (Phi) is 67.3. The van der Waals surface area contributed by atoms with Crippen molar-refractivity contribution in [2.75, 3.05) is 0 Å². The van der Waals surface area contributed by atoms with Gasteiger partial charge in [0.25, 0.3) is 0 Å². The summed E-state index contributed by atoms with van der Waals surface area (Å²) in [5, 5.41) is 30.6. The molecule has 0 amide bonds. The van der Waals surface area contributed by atoms with Gasteiger partial charge in [-0.1, -0.05) is 211 Å². The van der Waals surface area contributed by atoms with Gasteiger partial charge < -0.3 is 29.7 Å². The Hall–Kier alpha value is -1.85. The van der Waals surface area contributed by atoms with Gasteiger partial charge in [0.15, 0.2) is 0 Å². The van der Waals surface area contributed by atoms with Crippen LogP contribution in [-0.4, -0.2) is 17.9 Å². The molecule has 0 atom stereocenters. The summed E-state index contributed by atoms with van der Waals surface area (Å²) < 4.78 is 0. The Labute approximate surface area is 389 Å². The Balaban J connectivity index is -0.000000396. The van der Waals surface area contributed by atoms with Crippen molar-refractivity contribution in [3.63, 3.8) is 0 Å². The molecule has 1 radical (unpaired) electrons. The number of hydrogen-bond acceptors (Lipinski definition) is 6. The molecule has 6 nitrogen and oxygen atoms in total. The summed E-state index contributed by atoms with van der Waals surface area (Å²) in [7, 11) is 0. The van der Waals surface area contributed by atoms with Crippen LogP contribution in [0, 0.1) is 0 Å². The molecule has 0 aliphatic heterocycles. The van der Waals surface area contributed by atoms with Gasteiger partial charge in [0.1, 0.15) is 0 Å². The van der Waals surface area contributed by atoms with E-state index in [1.54, 1.807) is 0 Å². The second-order valence-corrected chi connectivity index (χ2v) is 17.1. The van der Waals surface area contributed by atoms with Crippen molar-refractivity contribution in [3.05, 3.63) is 36.5 Å². The molecule has 0 fully saturated rings. The molecule has 0 saturated carbocycles. The number of carbonyl (C=O) groups excluding carboxylic acids is 3. The van der Waals surface area contributed by atoms with Crippen LogP contribution in [0.1, 0.15) is 290 Å². The molecule has 0 aromatic heterocycles. The topological polar surface area (TPSA) is 120 Å². The maximum atomic E-state index is 10.2. The van der Waals surface area contributed by atoms with Crippen molar-refractivity contribution in [1.29, 1.82) is 0 Å². The summed E-state index contributed by atoms with van der Waals surface area (Å²) in [6.07, 6.45) is 62.7. The molecule has 0 heterocycles. The summed E-state index contributed by atoms with van der Waals surface area (Å²) in [6.45, 7) is 6.77. The minimum absolute atomic E-state index is 0. The summed E-state index contributed by atoms with van der Waals surface area (Å²) in [5.41, 5.74) is 0. The first-order chi connectivity index (χ1) is 29.3. The zero-order valence-corrected chi connectivity index (χ0v) is 41.6. The van der Waals surface area contributed by atoms with Crippen LogP contribution in [0.15, 0.2) is 36.5 Å². The number of carboxylic acid groups (broad SMARTS) is 3. The summed E-state index contributed by atoms with van der Waals surface area (Å²) in [5.74, 6) is -2.74. The molecule has 359 valence electrons. The first kappa shape index (κ1) is 65.8. The van der Waals surface area contributed by atoms with E-state index in [1.165, 1.54) is 193 Å². The van der Waals surface area contributed by atoms with Gasteiger partial charge >= 0.3 is 17.1 Å². The summed E-state index contributed by atoms with van der Waals surface area (Å²) >= 11 is 0. The third-order valence-electron chi connectivity index (χ3n) is 10.9. The van der Waals surface area contributed by atoms with Gasteiger partial charge in [-0.05, 0) is 116 Å². The van der Waals surface area contributed by atoms with Crippen molar-refractivity contribution in [2.24, 2.45) is 0 Å². The number of rotatable bonds is 45. The summed E-state index contributed by atoms with van der Waals surface area (Å²) in [4.78, 5) is 30.6. The Morgan fingerprint density at radius 3 is 0.574 bits per heavy atom. The van der Waals surface area contributed by atoms with E-state index < -0.39 is 17.9 Å². The number of allylic oxidation sites excluding steroid dienone is 6. The van der Waals surface area contributed by atoms with Crippen LogP contribution in [0.5, 0.6) is 0 Å². The van der Waals surface area contributed by atoms with E-state index in [2.05, 4.69) is 57.2 Å². The van der Waals surface area contributed by atoms with Crippen molar-refractivity contribution < 1.29 is 46.8 Å². The average Bonchev–Trinajstić information content (AvgIpc) is 3.22. The third-order valence-corrected chi connectivity index (χ3v) is 10.9. The van der Waals surface area contributed by atoms with Gasteiger partial charge in [-0.2, -0.15) is 0 Å². The predicted molar refractivity (Wildman–Crippen MR) is 253 cm³/mol. The number of carboxylic acids is 3. The van der Waals surface area contributed by atoms with E-state index in [0.29, 0.717) is 0 Å². The molecule has 0 bridgehead atoms. The Morgan fingerprint density at radius 1 is 0.262 bits per heavy atom. The van der Waals surface area contributed by atoms with Crippen LogP contribution >= 0.6 is 0 Å². The zero-order valence-electron chi connectivity index (χ0n) is 40.5. The van der Waals surface area contributed by atoms with E-state index in [0.717, 1.165) is 57.8 Å². The van der Waals surface area contributed by atoms with Gasteiger partial charge in [0, 0.05) is 17.9 Å². The molecule has 0 N–H and O–H groups in total. The molecule has 0 rings (SSSR count). The van der Waals surface area contributed by atoms with Crippen LogP contribution in [0.4, 0.5) is 0 Å². The molecule has 0 saturated heterocycles. The van der Waals surface area contributed by atoms with E-state index in [-0.39, 0.29) is 36.3 Å². The van der Waals surface area contributed by atoms with Crippen LogP contribution in [0.25, 0.3) is 0 Å². The van der Waals surface area contributed by atoms with E-state index in [1.807, 2.05) is 0 Å². The quantitative estimate of drug-likeness (QED) is 0.0341. The van der Waals surface area contributed by atoms with Gasteiger partial charge in [0.05, 0.1) is 0 Å². The molecule has 0 spiro atoms. The molecule has 0 aliphatic carbocycles. The third kappa shape index (κ3) is 75.9. The largest absolute Gasteiger partial charge is 3.00 e. The average molecular weight is 900 g/mol. The predicted octanol–water partition coefficient (Wildman–Crippen LogP) is 14.3. The second kappa shape index (κ2) is 62.4. The molecule has 7 heteroatoms. The fraction of sp³-hybridized carbons (Fsp3) is 0.833. The van der Waals surface area contributed by atoms with Crippen molar-refractivity contribution in [3.8, 4) is 0 Å². The van der Waals surface area contributed by atoms with Crippen LogP contribution < -0.4 is 15.3 Å². The number of aliphatic carboxylic acids is 3. The number of hydrogen-bond donors (Lipinski definition) is 0. The normalized spacial score (nSPS) is 11.1. The van der Waals surface area contributed by atoms with Crippen molar-refractivity contribution >= 4 is 17.9 Å². The molecular weight excluding hydrogens is 800 g/mol. The maximum Gasteiger partial charge on any atom is 3.00 e. The maximum absolute atomic E-state index is 10.2. The van der Waals surface area contributed by atoms with Gasteiger partial charge in [-0.15, -0.1) is 0 Å². The van der Waals surface area contributed by atoms with Crippen LogP contribution in [0.2, 0.25) is 0 Å². The standard InChI is InChI=1S/3C18H34O2.Fe/c3*1-2-3-4-5-6-7-8-9-10-11-12-13-14-15-16-17-18(19)20;/h3*9-10H,2-8,11-17H2,1H3,(H,19,20);/q;;;+3/p-3. The second-order valence-electron chi connectivity index (χ2n) is 17.1. The number of carbonyl (C=O) groups is 3. The molecule has 0 aromatic carbocycles. The minimum Gasteiger partial charge on any atom is -0.550 e. The molecule has 61 heavy (non-hydrogen) atoms. The molecule has 0 aliphatic rings. The first-order valence-corrected chi connectivity index (χ1v) is 25.9. The fourth-order valence-corrected chi connectivity index (χ4v) is 7.02. The van der Waals surface area contributed by atoms with E-state index in [9.17, 15) is 29.7 Å². The first-order valence-electron chi connectivity index (χ1n) is 25.9. The Morgan fingerprint density at radius 2 is 0.410 bits per heavy atom. The molecule has 0 aromatic rings. The summed E-state index contributed by atoms with van der Waals surface area (Å²) in [6, 6.07) is 0. The monoisotopic (exact) mass is 900 g/mol. The Bertz CT molecular complexity index is 827. The zero-order chi connectivity index (χ0) is 44.7. The van der Waals surface area contributed by atoms with Crippen LogP contribution in [-0.2, 0) is 31.5 Å². The van der Waals surface area contributed by atoms with E-state index in [4.69, 9.17) is 0 Å². The van der Waals surface area contributed by atoms with Crippen molar-refractivity contribution in [1.82, 2.24) is 0 Å². The molecule has 0 unspecified atom stereocenters. The van der Waals surface area contributed by atoms with E-state index >= 15 is 0 Å².